The fraction of sp³-hybridized carbons (Fsp3) is 0.602. The van der Waals surface area contributed by atoms with E-state index in [1.54, 1.807) is 160 Å². The molecule has 5 atom stereocenters. The number of hydrogen-bond donors (Lipinski definition) is 9. The molecule has 0 aliphatic carbocycles. The van der Waals surface area contributed by atoms with Gasteiger partial charge in [0, 0.05) is 108 Å². The number of nitrogens with one attached hydrogen (secondary N) is 1. The number of carboxylic acid groups (broad SMARTS) is 2. The highest BCUT2D eigenvalue weighted by Gasteiger charge is 2.49. The number of carboxylic acids is 2. The molecule has 1 fully saturated rings. The summed E-state index contributed by atoms with van der Waals surface area (Å²) in [5, 5.41) is 56.6. The lowest BCUT2D eigenvalue weighted by Gasteiger charge is -2.32. The van der Waals surface area contributed by atoms with Gasteiger partial charge in [0.05, 0.1) is 91.9 Å². The zero-order chi connectivity index (χ0) is 95.0. The number of nitrogens with two attached hydrogens (primary N) is 2. The number of benzene rings is 4. The lowest BCUT2D eigenvalue weighted by atomic mass is 9.86. The highest BCUT2D eigenvalue weighted by molar-refractivity contribution is 7.85. The molecule has 0 spiro atoms. The lowest BCUT2D eigenvalue weighted by molar-refractivity contribution is -0.141. The van der Waals surface area contributed by atoms with Gasteiger partial charge in [0.15, 0.2) is 51.4 Å². The molecule has 5 aromatic rings. The third-order valence-corrected chi connectivity index (χ3v) is 18.9. The van der Waals surface area contributed by atoms with E-state index in [-0.39, 0.29) is 76.7 Å². The minimum Gasteiger partial charge on any atom is -0.508 e. The predicted octanol–water partition coefficient (Wildman–Crippen LogP) is 13.2. The highest BCUT2D eigenvalue weighted by atomic mass is 32.2. The number of pyridine rings is 1. The van der Waals surface area contributed by atoms with Crippen LogP contribution in [0, 0.1) is 27.1 Å². The number of amides is 2. The van der Waals surface area contributed by atoms with Crippen LogP contribution >= 0.6 is 0 Å². The second-order valence-electron chi connectivity index (χ2n) is 35.3. The number of phenols is 2. The number of hydrogen-bond acceptors (Lipinski definition) is 29. The van der Waals surface area contributed by atoms with E-state index >= 15 is 0 Å². The first-order chi connectivity index (χ1) is 56.8. The number of aldehydes is 2. The average Bonchev–Trinajstić information content (AvgIpc) is 1.67. The van der Waals surface area contributed by atoms with E-state index < -0.39 is 68.6 Å². The maximum Gasteiger partial charge on any atom is 0.426 e. The van der Waals surface area contributed by atoms with Gasteiger partial charge in [-0.15, -0.1) is 0 Å². The Morgan fingerprint density at radius 1 is 0.537 bits per heavy atom. The molecule has 123 heavy (non-hydrogen) atoms. The highest BCUT2D eigenvalue weighted by Crippen LogP contribution is 2.46. The molecule has 698 valence electrons. The molecule has 35 heteroatoms. The van der Waals surface area contributed by atoms with E-state index in [0.717, 1.165) is 25.5 Å². The van der Waals surface area contributed by atoms with Crippen LogP contribution in [0.25, 0.3) is 11.3 Å². The van der Waals surface area contributed by atoms with Crippen LogP contribution in [0.2, 0.25) is 0 Å². The third kappa shape index (κ3) is 42.0. The Hall–Kier alpha value is -9.72. The van der Waals surface area contributed by atoms with Crippen molar-refractivity contribution >= 4 is 47.0 Å². The van der Waals surface area contributed by atoms with Gasteiger partial charge in [-0.05, 0) is 123 Å². The van der Waals surface area contributed by atoms with Crippen LogP contribution in [0.15, 0.2) is 83.8 Å². The molecule has 2 amide bonds. The second kappa shape index (κ2) is 52.8. The molecule has 0 unspecified atom stereocenters. The molecule has 2 aliphatic rings. The van der Waals surface area contributed by atoms with Crippen molar-refractivity contribution in [3.8, 4) is 68.8 Å². The molecule has 0 bridgehead atoms. The second-order valence-corrected chi connectivity index (χ2v) is 36.8. The van der Waals surface area contributed by atoms with Gasteiger partial charge in [-0.3, -0.25) is 23.4 Å². The molecule has 3 heterocycles. The zero-order valence-electron chi connectivity index (χ0n) is 77.3. The number of phenolic OH excluding ortho intramolecular Hbond substituents is 2. The fourth-order valence-electron chi connectivity index (χ4n) is 10.0. The van der Waals surface area contributed by atoms with Crippen LogP contribution in [0.4, 0.5) is 9.59 Å². The van der Waals surface area contributed by atoms with Crippen LogP contribution in [0.1, 0.15) is 202 Å². The van der Waals surface area contributed by atoms with Crippen molar-refractivity contribution in [1.82, 2.24) is 14.2 Å². The zero-order valence-corrected chi connectivity index (χ0v) is 78.1. The van der Waals surface area contributed by atoms with E-state index in [0.29, 0.717) is 125 Å². The summed E-state index contributed by atoms with van der Waals surface area (Å²) in [6.45, 7) is 43.0. The fourth-order valence-corrected chi connectivity index (χ4v) is 11.3. The molecule has 34 nitrogen and oxygen atoms in total. The Kier molecular flexibility index (Phi) is 48.6. The van der Waals surface area contributed by atoms with Crippen LogP contribution < -0.4 is 60.1 Å². The van der Waals surface area contributed by atoms with E-state index in [4.69, 9.17) is 97.7 Å². The summed E-state index contributed by atoms with van der Waals surface area (Å²) in [5.41, 5.74) is 9.75. The minimum absolute atomic E-state index is 0.0166. The summed E-state index contributed by atoms with van der Waals surface area (Å²) < 4.78 is 99.3. The number of aromatic hydroxyl groups is 2. The van der Waals surface area contributed by atoms with Crippen LogP contribution in [0.5, 0.6) is 57.5 Å². The van der Waals surface area contributed by atoms with Crippen LogP contribution in [-0.2, 0) is 43.0 Å². The number of aliphatic hydroxyl groups is 2. The number of alkyl carbamates (subject to hydrolysis) is 1. The molecular weight excluding hydrogens is 1620 g/mol. The number of rotatable bonds is 26. The van der Waals surface area contributed by atoms with E-state index in [9.17, 15) is 52.2 Å². The number of nitrogens with zero attached hydrogens (tertiary/aromatic N) is 2. The Balaban J connectivity index is 0.00000144. The Morgan fingerprint density at radius 2 is 0.984 bits per heavy atom. The predicted molar refractivity (Wildman–Crippen MR) is 468 cm³/mol. The van der Waals surface area contributed by atoms with Crippen LogP contribution in [0.3, 0.4) is 0 Å². The summed E-state index contributed by atoms with van der Waals surface area (Å²) in [6, 6.07) is 17.2. The van der Waals surface area contributed by atoms with E-state index in [1.165, 1.54) is 31.5 Å². The van der Waals surface area contributed by atoms with Gasteiger partial charge in [-0.2, -0.15) is 12.7 Å². The maximum absolute atomic E-state index is 12.5. The van der Waals surface area contributed by atoms with Crippen molar-refractivity contribution in [3.05, 3.63) is 106 Å². The minimum atomic E-state index is -4.03. The number of ether oxygens (including phenoxy) is 13. The van der Waals surface area contributed by atoms with Gasteiger partial charge in [-0.1, -0.05) is 104 Å². The van der Waals surface area contributed by atoms with Crippen LogP contribution in [-0.4, -0.2) is 236 Å². The number of aromatic nitrogens is 1. The average molecular weight is 1770 g/mol. The van der Waals surface area contributed by atoms with Gasteiger partial charge in [0.25, 0.3) is 0 Å². The van der Waals surface area contributed by atoms with Crippen molar-refractivity contribution in [2.24, 2.45) is 38.5 Å². The summed E-state index contributed by atoms with van der Waals surface area (Å²) in [5.74, 6) is 2.27. The van der Waals surface area contributed by atoms with Crippen molar-refractivity contribution in [1.29, 1.82) is 0 Å². The number of aliphatic carboxylic acids is 1. The molecule has 4 aromatic carbocycles. The maximum atomic E-state index is 12.5. The van der Waals surface area contributed by atoms with Crippen molar-refractivity contribution in [3.63, 3.8) is 0 Å². The van der Waals surface area contributed by atoms with Crippen molar-refractivity contribution < 1.29 is 134 Å². The Morgan fingerprint density at radius 3 is 1.35 bits per heavy atom. The van der Waals surface area contributed by atoms with E-state index in [1.807, 2.05) is 87.7 Å². The van der Waals surface area contributed by atoms with Gasteiger partial charge in [-0.25, -0.2) is 14.4 Å². The van der Waals surface area contributed by atoms with Crippen molar-refractivity contribution in [2.75, 3.05) is 116 Å². The van der Waals surface area contributed by atoms with Gasteiger partial charge in [0.1, 0.15) is 53.5 Å². The summed E-state index contributed by atoms with van der Waals surface area (Å²) in [6.07, 6.45) is 3.80. The first-order valence-corrected chi connectivity index (χ1v) is 41.0. The topological polar surface area (TPSA) is 476 Å². The molecule has 7 rings (SSSR count). The smallest absolute Gasteiger partial charge is 0.426 e. The van der Waals surface area contributed by atoms with Gasteiger partial charge >= 0.3 is 34.4 Å². The third-order valence-electron chi connectivity index (χ3n) is 17.5. The standard InChI is InChI=1S/C23H29NO7.C12H16O4.C11H21NO5S.C11H23NO3.C11H16O4.C8H8O3.C6H13NO2.C6H15NO/c1-23(2,3)21-13-31-18-11-20(30-8-6-7-28-4)19(29-5)9-14(18)16-10-17(25)15(22(26)27)12-24(16)21;1-14-6-3-7-16-12-8-10(9-13)4-5-11(12)15-2;1-10(2,3)8-7-16-18(14,15)12(8)9(13)17-11(4,5)6;1-10(2,3)8(7-13)12-9(14)15-11(4,5)6;1-13-6-3-7-15-11-8-9(12)4-5-10(11)14-2;1-11-8-3-2-6(5-9)4-7(8)10;1-6(2,3)4(7)5(8)9;1-6(2,3)5(7)4-8/h9-12,21H,6-8,13H2,1-5H3,(H,26,27);4-5,8-9H,3,6-7H2,1-2H3;8H,7H2,1-6H3;8,13H,7H2,1-6H3,(H,12,14);4-5,8,12H,3,6-7H2,1-2H3;2-5,10H,1H3;4H,7H2,1-3H3,(H,8,9);5,8H,4,7H2,1-3H3/t21-;;2*8-;;;4-;5-/m0.00..00/s1. The quantitative estimate of drug-likeness (QED) is 0.0183. The molecule has 1 saturated heterocycles. The molecule has 0 radical (unpaired) electrons. The summed E-state index contributed by atoms with van der Waals surface area (Å²) in [7, 11) is 7.03. The molecule has 11 N–H and O–H groups in total. The number of aliphatic hydroxyl groups excluding tert-OH is 2. The first kappa shape index (κ1) is 113. The summed E-state index contributed by atoms with van der Waals surface area (Å²) in [4.78, 5) is 78.6. The molecular formula is C88H141N5O29S. The number of carbonyl (C=O) groups is 6. The largest absolute Gasteiger partial charge is 0.508 e. The molecule has 2 aliphatic heterocycles. The number of carbonyl (C=O) groups excluding carboxylic acids is 4. The Labute approximate surface area is 726 Å². The van der Waals surface area contributed by atoms with Gasteiger partial charge in [0.2, 0.25) is 0 Å². The summed E-state index contributed by atoms with van der Waals surface area (Å²) >= 11 is 0. The van der Waals surface area contributed by atoms with Crippen molar-refractivity contribution in [2.45, 2.75) is 206 Å². The van der Waals surface area contributed by atoms with Gasteiger partial charge < -0.3 is 114 Å². The molecule has 1 aromatic heterocycles. The SMILES string of the molecule is CC(C)(C)OC(=O)N1[C@H](C(C)(C)C)COS1(=O)=O.CC(C)(C)OC(=O)N[C@@H](CO)C(C)(C)C.CC(C)(C)[C@@H](N)C(=O)O.CC(C)(C)[C@@H](N)CO.COCCCOc1cc(C=O)ccc1OC.COCCCOc1cc(O)ccc1OC.COCCCOc1cc2c(cc1OC)-c1cc(=O)c(C(=O)O)cn1[C@H](C(C)(C)C)CO2.COc1ccc(C=O)cc1O. The lowest BCUT2D eigenvalue weighted by Crippen LogP contribution is -2.48. The number of methoxy groups -OCH3 is 7. The van der Waals surface area contributed by atoms with E-state index in [2.05, 4.69) is 5.32 Å². The Bertz CT molecular complexity index is 4220. The number of aromatic carboxylic acids is 1. The monoisotopic (exact) mass is 1760 g/mol. The first-order valence-electron chi connectivity index (χ1n) is 39.7. The number of fused-ring (bicyclic) bond motifs is 3. The molecule has 0 saturated carbocycles. The normalized spacial score (nSPS) is 14.7.